The molecule has 1 aromatic heterocycles. The van der Waals surface area contributed by atoms with Gasteiger partial charge < -0.3 is 9.73 Å². The summed E-state index contributed by atoms with van der Waals surface area (Å²) in [5.74, 6) is 1.96. The van der Waals surface area contributed by atoms with E-state index in [0.29, 0.717) is 0 Å². The number of carbonyl (C=O) groups is 1. The first-order chi connectivity index (χ1) is 7.02. The number of hydrogen-bond donors (Lipinski definition) is 1. The highest BCUT2D eigenvalue weighted by Gasteiger charge is 2.34. The number of amides is 1. The van der Waals surface area contributed by atoms with Crippen LogP contribution in [0.2, 0.25) is 0 Å². The van der Waals surface area contributed by atoms with Crippen LogP contribution in [-0.2, 0) is 11.2 Å². The van der Waals surface area contributed by atoms with Crippen LogP contribution in [0, 0.1) is 12.3 Å². The fraction of sp³-hybridized carbons (Fsp3) is 0.583. The summed E-state index contributed by atoms with van der Waals surface area (Å²) in [7, 11) is 0. The second-order valence-electron chi connectivity index (χ2n) is 5.12. The number of carbonyl (C=O) groups excluding carboxylic acids is 1. The van der Waals surface area contributed by atoms with Crippen LogP contribution in [0.1, 0.15) is 43.4 Å². The smallest absolute Gasteiger partial charge is 0.207 e. The van der Waals surface area contributed by atoms with E-state index in [-0.39, 0.29) is 11.5 Å². The minimum Gasteiger partial charge on any atom is -0.466 e. The molecule has 0 aromatic carbocycles. The average molecular weight is 207 g/mol. The van der Waals surface area contributed by atoms with Crippen LogP contribution in [0.4, 0.5) is 0 Å². The molecule has 3 heteroatoms. The van der Waals surface area contributed by atoms with E-state index in [2.05, 4.69) is 19.2 Å². The summed E-state index contributed by atoms with van der Waals surface area (Å²) in [6.45, 7) is 6.35. The normalized spacial score (nSPS) is 23.3. The fourth-order valence-corrected chi connectivity index (χ4v) is 2.42. The summed E-state index contributed by atoms with van der Waals surface area (Å²) >= 11 is 0. The summed E-state index contributed by atoms with van der Waals surface area (Å²) in [5, 5.41) is 2.87. The zero-order valence-electron chi connectivity index (χ0n) is 9.46. The van der Waals surface area contributed by atoms with Crippen molar-refractivity contribution in [3.8, 4) is 0 Å². The standard InChI is InChI=1S/C12H17NO2/c1-8-4-9-10(13-7-14)5-12(2,3)6-11(9)15-8/h4,7,10H,5-6H2,1-3H3,(H,13,14). The molecule has 0 saturated heterocycles. The first kappa shape index (κ1) is 10.3. The van der Waals surface area contributed by atoms with E-state index in [9.17, 15) is 4.79 Å². The van der Waals surface area contributed by atoms with Crippen LogP contribution >= 0.6 is 0 Å². The minimum absolute atomic E-state index is 0.110. The van der Waals surface area contributed by atoms with Crippen LogP contribution in [0.3, 0.4) is 0 Å². The van der Waals surface area contributed by atoms with Crippen LogP contribution in [0.15, 0.2) is 10.5 Å². The Morgan fingerprint density at radius 2 is 2.33 bits per heavy atom. The molecule has 82 valence electrons. The second-order valence-corrected chi connectivity index (χ2v) is 5.12. The third-order valence-corrected chi connectivity index (χ3v) is 3.01. The molecule has 1 atom stereocenters. The first-order valence-corrected chi connectivity index (χ1v) is 5.31. The molecule has 0 bridgehead atoms. The van der Waals surface area contributed by atoms with Crippen molar-refractivity contribution in [1.82, 2.24) is 5.32 Å². The van der Waals surface area contributed by atoms with Crippen molar-refractivity contribution in [2.24, 2.45) is 5.41 Å². The monoisotopic (exact) mass is 207 g/mol. The van der Waals surface area contributed by atoms with Crippen molar-refractivity contribution < 1.29 is 9.21 Å². The van der Waals surface area contributed by atoms with Gasteiger partial charge in [0.1, 0.15) is 11.5 Å². The number of aryl methyl sites for hydroxylation is 1. The van der Waals surface area contributed by atoms with E-state index in [4.69, 9.17) is 4.42 Å². The number of fused-ring (bicyclic) bond motifs is 1. The van der Waals surface area contributed by atoms with Crippen molar-refractivity contribution in [3.05, 3.63) is 23.2 Å². The van der Waals surface area contributed by atoms with Crippen molar-refractivity contribution in [1.29, 1.82) is 0 Å². The Morgan fingerprint density at radius 1 is 1.60 bits per heavy atom. The van der Waals surface area contributed by atoms with Gasteiger partial charge in [-0.25, -0.2) is 0 Å². The SMILES string of the molecule is Cc1cc2c(o1)CC(C)(C)CC2NC=O. The van der Waals surface area contributed by atoms with Gasteiger partial charge in [-0.05, 0) is 24.8 Å². The van der Waals surface area contributed by atoms with Crippen LogP contribution in [0.25, 0.3) is 0 Å². The van der Waals surface area contributed by atoms with E-state index < -0.39 is 0 Å². The summed E-state index contributed by atoms with van der Waals surface area (Å²) < 4.78 is 5.66. The molecule has 1 aromatic rings. The van der Waals surface area contributed by atoms with E-state index in [1.807, 2.05) is 13.0 Å². The van der Waals surface area contributed by atoms with Crippen LogP contribution < -0.4 is 5.32 Å². The van der Waals surface area contributed by atoms with E-state index in [1.54, 1.807) is 0 Å². The Kier molecular flexibility index (Phi) is 2.33. The molecule has 0 aliphatic heterocycles. The summed E-state index contributed by atoms with van der Waals surface area (Å²) in [6.07, 6.45) is 2.70. The molecule has 1 aliphatic rings. The van der Waals surface area contributed by atoms with Crippen LogP contribution in [0.5, 0.6) is 0 Å². The van der Waals surface area contributed by atoms with Gasteiger partial charge in [0.05, 0.1) is 6.04 Å². The molecule has 0 radical (unpaired) electrons. The van der Waals surface area contributed by atoms with E-state index in [0.717, 1.165) is 36.3 Å². The Bertz CT molecular complexity index is 379. The van der Waals surface area contributed by atoms with Crippen LogP contribution in [-0.4, -0.2) is 6.41 Å². The highest BCUT2D eigenvalue weighted by Crippen LogP contribution is 2.41. The molecule has 1 amide bonds. The first-order valence-electron chi connectivity index (χ1n) is 5.31. The molecule has 2 rings (SSSR count). The molecule has 15 heavy (non-hydrogen) atoms. The van der Waals surface area contributed by atoms with Crippen molar-refractivity contribution in [2.45, 2.75) is 39.7 Å². The summed E-state index contributed by atoms with van der Waals surface area (Å²) in [5.41, 5.74) is 1.34. The molecular weight excluding hydrogens is 190 g/mol. The molecular formula is C12H17NO2. The van der Waals surface area contributed by atoms with E-state index in [1.165, 1.54) is 0 Å². The van der Waals surface area contributed by atoms with Gasteiger partial charge in [0.2, 0.25) is 6.41 Å². The molecule has 0 fully saturated rings. The Hall–Kier alpha value is -1.25. The second kappa shape index (κ2) is 3.40. The minimum atomic E-state index is 0.110. The van der Waals surface area contributed by atoms with E-state index >= 15 is 0 Å². The lowest BCUT2D eigenvalue weighted by atomic mass is 9.75. The largest absolute Gasteiger partial charge is 0.466 e. The molecule has 3 nitrogen and oxygen atoms in total. The van der Waals surface area contributed by atoms with Gasteiger partial charge in [-0.1, -0.05) is 13.8 Å². The number of rotatable bonds is 2. The summed E-state index contributed by atoms with van der Waals surface area (Å²) in [6, 6.07) is 2.14. The maximum Gasteiger partial charge on any atom is 0.207 e. The van der Waals surface area contributed by atoms with Gasteiger partial charge in [0.25, 0.3) is 0 Å². The highest BCUT2D eigenvalue weighted by atomic mass is 16.3. The fourth-order valence-electron chi connectivity index (χ4n) is 2.42. The highest BCUT2D eigenvalue weighted by molar-refractivity contribution is 5.48. The molecule has 0 spiro atoms. The quantitative estimate of drug-likeness (QED) is 0.756. The maximum atomic E-state index is 10.6. The number of furan rings is 1. The van der Waals surface area contributed by atoms with Gasteiger partial charge in [-0.3, -0.25) is 4.79 Å². The lowest BCUT2D eigenvalue weighted by Crippen LogP contribution is -2.31. The van der Waals surface area contributed by atoms with Gasteiger partial charge in [-0.15, -0.1) is 0 Å². The molecule has 1 heterocycles. The summed E-state index contributed by atoms with van der Waals surface area (Å²) in [4.78, 5) is 10.6. The van der Waals surface area contributed by atoms with Gasteiger partial charge in [0.15, 0.2) is 0 Å². The molecule has 1 N–H and O–H groups in total. The maximum absolute atomic E-state index is 10.6. The van der Waals surface area contributed by atoms with Crippen molar-refractivity contribution in [2.75, 3.05) is 0 Å². The zero-order valence-corrected chi connectivity index (χ0v) is 9.46. The third kappa shape index (κ3) is 1.91. The van der Waals surface area contributed by atoms with Gasteiger partial charge >= 0.3 is 0 Å². The Morgan fingerprint density at radius 3 is 3.00 bits per heavy atom. The van der Waals surface area contributed by atoms with Gasteiger partial charge in [-0.2, -0.15) is 0 Å². The van der Waals surface area contributed by atoms with Crippen molar-refractivity contribution in [3.63, 3.8) is 0 Å². The predicted octanol–water partition coefficient (Wildman–Crippen LogP) is 2.35. The third-order valence-electron chi connectivity index (χ3n) is 3.01. The van der Waals surface area contributed by atoms with Crippen molar-refractivity contribution >= 4 is 6.41 Å². The predicted molar refractivity (Wildman–Crippen MR) is 57.5 cm³/mol. The number of nitrogens with one attached hydrogen (secondary N) is 1. The van der Waals surface area contributed by atoms with Gasteiger partial charge in [0, 0.05) is 12.0 Å². The Balaban J connectivity index is 2.37. The lowest BCUT2D eigenvalue weighted by molar-refractivity contribution is -0.110. The molecule has 1 aliphatic carbocycles. The Labute approximate surface area is 89.9 Å². The molecule has 0 saturated carbocycles. The zero-order chi connectivity index (χ0) is 11.1. The molecule has 1 unspecified atom stereocenters. The topological polar surface area (TPSA) is 42.2 Å². The number of hydrogen-bond acceptors (Lipinski definition) is 2. The lowest BCUT2D eigenvalue weighted by Gasteiger charge is -2.33. The average Bonchev–Trinajstić information content (AvgIpc) is 2.44.